The number of unbranched alkanes of at least 4 members (excludes halogenated alkanes) is 10. The molecular formula is C30H48N+. The van der Waals surface area contributed by atoms with Crippen LogP contribution in [0, 0.1) is 0 Å². The van der Waals surface area contributed by atoms with Gasteiger partial charge in [-0.2, -0.15) is 0 Å². The van der Waals surface area contributed by atoms with E-state index in [4.69, 9.17) is 0 Å². The Bertz CT molecular complexity index is 589. The second-order valence-electron chi connectivity index (χ2n) is 9.61. The lowest BCUT2D eigenvalue weighted by molar-refractivity contribution is -0.954. The number of benzene rings is 2. The van der Waals surface area contributed by atoms with Crippen LogP contribution in [-0.4, -0.2) is 17.6 Å². The van der Waals surface area contributed by atoms with Gasteiger partial charge in [0.05, 0.1) is 13.1 Å². The summed E-state index contributed by atoms with van der Waals surface area (Å²) in [5.74, 6) is 0. The molecule has 0 N–H and O–H groups in total. The Morgan fingerprint density at radius 3 is 1.19 bits per heavy atom. The minimum Gasteiger partial charge on any atom is -0.316 e. The first-order valence-corrected chi connectivity index (χ1v) is 13.2. The monoisotopic (exact) mass is 422 g/mol. The molecule has 1 nitrogen and oxygen atoms in total. The largest absolute Gasteiger partial charge is 0.316 e. The molecule has 172 valence electrons. The second-order valence-corrected chi connectivity index (χ2v) is 9.61. The SMILES string of the molecule is CCCCCCCC[N+](CCCCCCCC)(Cc1ccccc1)Cc1ccccc1. The summed E-state index contributed by atoms with van der Waals surface area (Å²) in [5, 5.41) is 0. The molecule has 0 atom stereocenters. The summed E-state index contributed by atoms with van der Waals surface area (Å²) in [6, 6.07) is 22.5. The van der Waals surface area contributed by atoms with Gasteiger partial charge in [-0.3, -0.25) is 0 Å². The molecule has 0 radical (unpaired) electrons. The average molecular weight is 423 g/mol. The topological polar surface area (TPSA) is 0 Å². The van der Waals surface area contributed by atoms with E-state index in [9.17, 15) is 0 Å². The van der Waals surface area contributed by atoms with E-state index in [0.29, 0.717) is 0 Å². The highest BCUT2D eigenvalue weighted by atomic mass is 15.3. The van der Waals surface area contributed by atoms with Crippen LogP contribution in [0.25, 0.3) is 0 Å². The van der Waals surface area contributed by atoms with Crippen molar-refractivity contribution in [1.82, 2.24) is 0 Å². The summed E-state index contributed by atoms with van der Waals surface area (Å²) in [7, 11) is 0. The van der Waals surface area contributed by atoms with Gasteiger partial charge in [-0.05, 0) is 25.7 Å². The lowest BCUT2D eigenvalue weighted by Crippen LogP contribution is -2.48. The molecule has 2 aromatic rings. The molecule has 0 aliphatic carbocycles. The lowest BCUT2D eigenvalue weighted by Gasteiger charge is -2.39. The molecule has 0 saturated heterocycles. The van der Waals surface area contributed by atoms with Crippen molar-refractivity contribution in [2.75, 3.05) is 13.1 Å². The van der Waals surface area contributed by atoms with Gasteiger partial charge in [0.25, 0.3) is 0 Å². The van der Waals surface area contributed by atoms with Gasteiger partial charge in [-0.15, -0.1) is 0 Å². The molecule has 0 bridgehead atoms. The molecule has 0 amide bonds. The fourth-order valence-electron chi connectivity index (χ4n) is 4.88. The second kappa shape index (κ2) is 16.1. The van der Waals surface area contributed by atoms with Crippen molar-refractivity contribution in [3.05, 3.63) is 71.8 Å². The van der Waals surface area contributed by atoms with Crippen LogP contribution in [0.5, 0.6) is 0 Å². The number of hydrogen-bond donors (Lipinski definition) is 0. The number of nitrogens with zero attached hydrogens (tertiary/aromatic N) is 1. The zero-order chi connectivity index (χ0) is 22.0. The number of hydrogen-bond acceptors (Lipinski definition) is 0. The van der Waals surface area contributed by atoms with Crippen LogP contribution in [0.2, 0.25) is 0 Å². The Morgan fingerprint density at radius 2 is 0.806 bits per heavy atom. The molecule has 0 aromatic heterocycles. The molecule has 0 fully saturated rings. The predicted molar refractivity (Wildman–Crippen MR) is 137 cm³/mol. The molecule has 0 unspecified atom stereocenters. The lowest BCUT2D eigenvalue weighted by atomic mass is 10.0. The molecule has 1 heteroatoms. The van der Waals surface area contributed by atoms with E-state index in [-0.39, 0.29) is 0 Å². The Kier molecular flexibility index (Phi) is 13.3. The summed E-state index contributed by atoms with van der Waals surface area (Å²) in [5.41, 5.74) is 2.99. The van der Waals surface area contributed by atoms with Crippen LogP contribution in [0.1, 0.15) is 102 Å². The zero-order valence-electron chi connectivity index (χ0n) is 20.5. The van der Waals surface area contributed by atoms with Crippen molar-refractivity contribution < 1.29 is 4.48 Å². The van der Waals surface area contributed by atoms with Crippen LogP contribution < -0.4 is 0 Å². The van der Waals surface area contributed by atoms with Crippen LogP contribution >= 0.6 is 0 Å². The maximum absolute atomic E-state index is 2.33. The molecule has 0 aliphatic rings. The maximum Gasteiger partial charge on any atom is 0.105 e. The highest BCUT2D eigenvalue weighted by Crippen LogP contribution is 2.24. The Labute approximate surface area is 193 Å². The van der Waals surface area contributed by atoms with Gasteiger partial charge >= 0.3 is 0 Å². The first-order valence-electron chi connectivity index (χ1n) is 13.2. The molecule has 0 heterocycles. The molecule has 2 rings (SSSR count). The van der Waals surface area contributed by atoms with Gasteiger partial charge in [0.1, 0.15) is 13.1 Å². The van der Waals surface area contributed by atoms with Crippen molar-refractivity contribution in [3.8, 4) is 0 Å². The van der Waals surface area contributed by atoms with Crippen molar-refractivity contribution in [2.24, 2.45) is 0 Å². The number of rotatable bonds is 18. The normalized spacial score (nSPS) is 11.7. The zero-order valence-corrected chi connectivity index (χ0v) is 20.5. The van der Waals surface area contributed by atoms with E-state index >= 15 is 0 Å². The van der Waals surface area contributed by atoms with Crippen LogP contribution in [0.3, 0.4) is 0 Å². The molecular weight excluding hydrogens is 374 g/mol. The average Bonchev–Trinajstić information content (AvgIpc) is 2.80. The van der Waals surface area contributed by atoms with Gasteiger partial charge in [0, 0.05) is 11.1 Å². The van der Waals surface area contributed by atoms with E-state index in [1.807, 2.05) is 0 Å². The molecule has 0 saturated carbocycles. The van der Waals surface area contributed by atoms with Crippen molar-refractivity contribution in [2.45, 2.75) is 104 Å². The minimum absolute atomic E-state index is 1.17. The van der Waals surface area contributed by atoms with E-state index < -0.39 is 0 Å². The smallest absolute Gasteiger partial charge is 0.105 e. The van der Waals surface area contributed by atoms with E-state index in [0.717, 1.165) is 0 Å². The summed E-state index contributed by atoms with van der Waals surface area (Å²) in [4.78, 5) is 0. The Morgan fingerprint density at radius 1 is 0.452 bits per heavy atom. The van der Waals surface area contributed by atoms with Crippen LogP contribution in [0.15, 0.2) is 60.7 Å². The maximum atomic E-state index is 2.33. The highest BCUT2D eigenvalue weighted by molar-refractivity contribution is 5.15. The highest BCUT2D eigenvalue weighted by Gasteiger charge is 2.27. The van der Waals surface area contributed by atoms with Crippen molar-refractivity contribution >= 4 is 0 Å². The third kappa shape index (κ3) is 11.0. The summed E-state index contributed by atoms with van der Waals surface area (Å²) >= 11 is 0. The molecule has 0 spiro atoms. The summed E-state index contributed by atoms with van der Waals surface area (Å²) in [6.45, 7) is 9.57. The summed E-state index contributed by atoms with van der Waals surface area (Å²) < 4.78 is 1.22. The van der Waals surface area contributed by atoms with Gasteiger partial charge in [0.15, 0.2) is 0 Å². The van der Waals surface area contributed by atoms with Gasteiger partial charge in [-0.1, -0.05) is 126 Å². The summed E-state index contributed by atoms with van der Waals surface area (Å²) in [6.07, 6.45) is 16.6. The van der Waals surface area contributed by atoms with Crippen LogP contribution in [0.4, 0.5) is 0 Å². The van der Waals surface area contributed by atoms with Gasteiger partial charge in [-0.25, -0.2) is 0 Å². The minimum atomic E-state index is 1.17. The van der Waals surface area contributed by atoms with Crippen molar-refractivity contribution in [1.29, 1.82) is 0 Å². The fourth-order valence-corrected chi connectivity index (χ4v) is 4.88. The van der Waals surface area contributed by atoms with E-state index in [2.05, 4.69) is 74.5 Å². The Hall–Kier alpha value is -1.60. The van der Waals surface area contributed by atoms with Gasteiger partial charge in [0.2, 0.25) is 0 Å². The first-order chi connectivity index (χ1) is 15.3. The fraction of sp³-hybridized carbons (Fsp3) is 0.600. The number of quaternary nitrogens is 1. The third-order valence-electron chi connectivity index (χ3n) is 6.69. The standard InChI is InChI=1S/C30H48N/c1-3-5-7-9-11-19-25-31(26-20-12-10-8-6-4-2,27-29-21-15-13-16-22-29)28-30-23-17-14-18-24-30/h13-18,21-24H,3-12,19-20,25-28H2,1-2H3/q+1. The van der Waals surface area contributed by atoms with Crippen LogP contribution in [-0.2, 0) is 13.1 Å². The van der Waals surface area contributed by atoms with Gasteiger partial charge < -0.3 is 4.48 Å². The molecule has 2 aromatic carbocycles. The quantitative estimate of drug-likeness (QED) is 0.166. The van der Waals surface area contributed by atoms with E-state index in [1.165, 1.54) is 119 Å². The van der Waals surface area contributed by atoms with Crippen molar-refractivity contribution in [3.63, 3.8) is 0 Å². The molecule has 31 heavy (non-hydrogen) atoms. The Balaban J connectivity index is 2.07. The predicted octanol–water partition coefficient (Wildman–Crippen LogP) is 8.92. The van der Waals surface area contributed by atoms with E-state index in [1.54, 1.807) is 0 Å². The third-order valence-corrected chi connectivity index (χ3v) is 6.69. The first kappa shape index (κ1) is 25.7. The molecule has 0 aliphatic heterocycles.